The highest BCUT2D eigenvalue weighted by atomic mass is 15.2. The van der Waals surface area contributed by atoms with Gasteiger partial charge in [0.05, 0.1) is 17.6 Å². The standard InChI is InChI=1S/C16H24N4/c1-20(13-6-4-2-3-5-7-13)11-16-18-14-9-8-12(17)10-15(14)19-16/h8-10,13H,2-7,11,17H2,1H3,(H,18,19). The third-order valence-electron chi connectivity index (χ3n) is 4.40. The number of H-pyrrole nitrogens is 1. The summed E-state index contributed by atoms with van der Waals surface area (Å²) in [5.41, 5.74) is 8.63. The summed E-state index contributed by atoms with van der Waals surface area (Å²) in [5, 5.41) is 0. The number of hydrogen-bond donors (Lipinski definition) is 2. The number of imidazole rings is 1. The predicted octanol–water partition coefficient (Wildman–Crippen LogP) is 3.30. The third kappa shape index (κ3) is 2.96. The van der Waals surface area contributed by atoms with Crippen LogP contribution < -0.4 is 5.73 Å². The van der Waals surface area contributed by atoms with Crippen LogP contribution in [0.3, 0.4) is 0 Å². The van der Waals surface area contributed by atoms with E-state index < -0.39 is 0 Å². The topological polar surface area (TPSA) is 57.9 Å². The molecule has 0 saturated heterocycles. The number of fused-ring (bicyclic) bond motifs is 1. The van der Waals surface area contributed by atoms with E-state index in [4.69, 9.17) is 5.73 Å². The van der Waals surface area contributed by atoms with Crippen molar-refractivity contribution in [2.75, 3.05) is 12.8 Å². The largest absolute Gasteiger partial charge is 0.399 e. The summed E-state index contributed by atoms with van der Waals surface area (Å²) in [4.78, 5) is 10.5. The van der Waals surface area contributed by atoms with Crippen molar-refractivity contribution in [1.82, 2.24) is 14.9 Å². The molecule has 3 N–H and O–H groups in total. The molecule has 0 radical (unpaired) electrons. The van der Waals surface area contributed by atoms with Gasteiger partial charge < -0.3 is 10.7 Å². The minimum atomic E-state index is 0.704. The molecule has 2 aromatic rings. The van der Waals surface area contributed by atoms with Crippen molar-refractivity contribution in [3.8, 4) is 0 Å². The number of anilines is 1. The highest BCUT2D eigenvalue weighted by Gasteiger charge is 2.18. The molecule has 0 spiro atoms. The minimum absolute atomic E-state index is 0.704. The summed E-state index contributed by atoms with van der Waals surface area (Å²) >= 11 is 0. The molecule has 1 aliphatic carbocycles. The first-order valence-corrected chi connectivity index (χ1v) is 7.67. The van der Waals surface area contributed by atoms with Crippen molar-refractivity contribution < 1.29 is 0 Å². The van der Waals surface area contributed by atoms with Crippen LogP contribution in [0.5, 0.6) is 0 Å². The maximum atomic E-state index is 5.81. The summed E-state index contributed by atoms with van der Waals surface area (Å²) < 4.78 is 0. The lowest BCUT2D eigenvalue weighted by Gasteiger charge is -2.26. The fraction of sp³-hybridized carbons (Fsp3) is 0.562. The van der Waals surface area contributed by atoms with Crippen molar-refractivity contribution >= 4 is 16.7 Å². The van der Waals surface area contributed by atoms with E-state index >= 15 is 0 Å². The fourth-order valence-electron chi connectivity index (χ4n) is 3.22. The molecule has 0 unspecified atom stereocenters. The molecule has 3 rings (SSSR count). The highest BCUT2D eigenvalue weighted by Crippen LogP contribution is 2.22. The second-order valence-electron chi connectivity index (χ2n) is 6.02. The molecular formula is C16H24N4. The fourth-order valence-corrected chi connectivity index (χ4v) is 3.22. The predicted molar refractivity (Wildman–Crippen MR) is 83.5 cm³/mol. The first kappa shape index (κ1) is 13.4. The molecule has 1 fully saturated rings. The van der Waals surface area contributed by atoms with Gasteiger partial charge in [-0.15, -0.1) is 0 Å². The number of rotatable bonds is 3. The molecule has 0 atom stereocenters. The Morgan fingerprint density at radius 1 is 1.25 bits per heavy atom. The molecule has 0 amide bonds. The molecule has 0 bridgehead atoms. The van der Waals surface area contributed by atoms with Crippen molar-refractivity contribution in [3.05, 3.63) is 24.0 Å². The smallest absolute Gasteiger partial charge is 0.121 e. The van der Waals surface area contributed by atoms with E-state index in [1.54, 1.807) is 0 Å². The lowest BCUT2D eigenvalue weighted by Crippen LogP contribution is -2.31. The molecule has 1 aromatic heterocycles. The van der Waals surface area contributed by atoms with E-state index in [1.807, 2.05) is 18.2 Å². The number of aromatic amines is 1. The van der Waals surface area contributed by atoms with Gasteiger partial charge in [-0.05, 0) is 38.1 Å². The number of nitrogen functional groups attached to an aromatic ring is 1. The average molecular weight is 272 g/mol. The van der Waals surface area contributed by atoms with Gasteiger partial charge in [0, 0.05) is 11.7 Å². The van der Waals surface area contributed by atoms with Crippen LogP contribution in [0.2, 0.25) is 0 Å². The Balaban J connectivity index is 1.71. The van der Waals surface area contributed by atoms with Crippen molar-refractivity contribution in [1.29, 1.82) is 0 Å². The van der Waals surface area contributed by atoms with Crippen molar-refractivity contribution in [2.45, 2.75) is 51.1 Å². The Hall–Kier alpha value is -1.55. The molecule has 20 heavy (non-hydrogen) atoms. The summed E-state index contributed by atoms with van der Waals surface area (Å²) in [6.07, 6.45) is 8.17. The number of benzene rings is 1. The molecule has 0 aliphatic heterocycles. The normalized spacial score (nSPS) is 17.7. The van der Waals surface area contributed by atoms with Crippen LogP contribution in [0.4, 0.5) is 5.69 Å². The Bertz CT molecular complexity index is 567. The van der Waals surface area contributed by atoms with Gasteiger partial charge in [-0.1, -0.05) is 25.7 Å². The van der Waals surface area contributed by atoms with Crippen molar-refractivity contribution in [3.63, 3.8) is 0 Å². The van der Waals surface area contributed by atoms with Gasteiger partial charge in [-0.25, -0.2) is 4.98 Å². The maximum Gasteiger partial charge on any atom is 0.121 e. The summed E-state index contributed by atoms with van der Waals surface area (Å²) in [5.74, 6) is 1.04. The average Bonchev–Trinajstić information content (AvgIpc) is 2.64. The van der Waals surface area contributed by atoms with Gasteiger partial charge in [0.25, 0.3) is 0 Å². The van der Waals surface area contributed by atoms with Gasteiger partial charge in [-0.3, -0.25) is 4.90 Å². The third-order valence-corrected chi connectivity index (χ3v) is 4.40. The number of nitrogens with one attached hydrogen (secondary N) is 1. The lowest BCUT2D eigenvalue weighted by molar-refractivity contribution is 0.209. The van der Waals surface area contributed by atoms with Crippen LogP contribution in [0.1, 0.15) is 44.3 Å². The number of nitrogens with zero attached hydrogens (tertiary/aromatic N) is 2. The minimum Gasteiger partial charge on any atom is -0.399 e. The molecule has 1 aliphatic rings. The maximum absolute atomic E-state index is 5.81. The molecule has 1 aromatic carbocycles. The summed E-state index contributed by atoms with van der Waals surface area (Å²) in [7, 11) is 2.22. The van der Waals surface area contributed by atoms with E-state index in [0.29, 0.717) is 6.04 Å². The highest BCUT2D eigenvalue weighted by molar-refractivity contribution is 5.78. The van der Waals surface area contributed by atoms with E-state index in [9.17, 15) is 0 Å². The SMILES string of the molecule is CN(Cc1nc2ccc(N)cc2[nH]1)C1CCCCCC1. The zero-order chi connectivity index (χ0) is 13.9. The Morgan fingerprint density at radius 3 is 2.75 bits per heavy atom. The van der Waals surface area contributed by atoms with Gasteiger partial charge in [-0.2, -0.15) is 0 Å². The first-order valence-electron chi connectivity index (χ1n) is 7.67. The lowest BCUT2D eigenvalue weighted by atomic mass is 10.1. The van der Waals surface area contributed by atoms with Crippen LogP contribution in [0.25, 0.3) is 11.0 Å². The molecule has 4 heteroatoms. The number of hydrogen-bond acceptors (Lipinski definition) is 3. The van der Waals surface area contributed by atoms with Crippen LogP contribution in [0.15, 0.2) is 18.2 Å². The second kappa shape index (κ2) is 5.83. The molecule has 1 saturated carbocycles. The van der Waals surface area contributed by atoms with Gasteiger partial charge in [0.2, 0.25) is 0 Å². The van der Waals surface area contributed by atoms with Crippen LogP contribution >= 0.6 is 0 Å². The molecule has 4 nitrogen and oxygen atoms in total. The van der Waals surface area contributed by atoms with Crippen LogP contribution in [0, 0.1) is 0 Å². The molecule has 1 heterocycles. The summed E-state index contributed by atoms with van der Waals surface area (Å²) in [6, 6.07) is 6.55. The number of aromatic nitrogens is 2. The van der Waals surface area contributed by atoms with Gasteiger partial charge >= 0.3 is 0 Å². The molecule has 108 valence electrons. The Kier molecular flexibility index (Phi) is 3.92. The Morgan fingerprint density at radius 2 is 2.00 bits per heavy atom. The summed E-state index contributed by atoms with van der Waals surface area (Å²) in [6.45, 7) is 0.888. The van der Waals surface area contributed by atoms with E-state index in [0.717, 1.165) is 29.1 Å². The Labute approximate surface area is 120 Å². The number of nitrogens with two attached hydrogens (primary N) is 1. The van der Waals surface area contributed by atoms with E-state index in [1.165, 1.54) is 38.5 Å². The zero-order valence-corrected chi connectivity index (χ0v) is 12.2. The first-order chi connectivity index (χ1) is 9.72. The van der Waals surface area contributed by atoms with Crippen molar-refractivity contribution in [2.24, 2.45) is 0 Å². The quantitative estimate of drug-likeness (QED) is 0.666. The zero-order valence-electron chi connectivity index (χ0n) is 12.2. The molecular weight excluding hydrogens is 248 g/mol. The van der Waals surface area contributed by atoms with Crippen LogP contribution in [-0.2, 0) is 6.54 Å². The monoisotopic (exact) mass is 272 g/mol. The van der Waals surface area contributed by atoms with Gasteiger partial charge in [0.15, 0.2) is 0 Å². The van der Waals surface area contributed by atoms with E-state index in [2.05, 4.69) is 21.9 Å². The van der Waals surface area contributed by atoms with Gasteiger partial charge in [0.1, 0.15) is 5.82 Å². The van der Waals surface area contributed by atoms with Crippen LogP contribution in [-0.4, -0.2) is 28.0 Å². The van der Waals surface area contributed by atoms with E-state index in [-0.39, 0.29) is 0 Å². The second-order valence-corrected chi connectivity index (χ2v) is 6.02.